The number of methoxy groups -OCH3 is 2. The molecule has 1 aromatic carbocycles. The molecule has 9 heteroatoms. The Morgan fingerprint density at radius 1 is 1.10 bits per heavy atom. The maximum absolute atomic E-state index is 13.2. The van der Waals surface area contributed by atoms with Gasteiger partial charge in [0.05, 0.1) is 19.8 Å². The number of fused-ring (bicyclic) bond motifs is 1. The lowest BCUT2D eigenvalue weighted by atomic mass is 9.46. The van der Waals surface area contributed by atoms with Crippen LogP contribution in [-0.2, 0) is 38.1 Å². The van der Waals surface area contributed by atoms with Gasteiger partial charge in [-0.1, -0.05) is 37.3 Å². The average Bonchev–Trinajstić information content (AvgIpc) is 3.30. The number of carbonyl (C=O) groups excluding carboxylic acids is 4. The number of hydrogen-bond acceptors (Lipinski definition) is 9. The van der Waals surface area contributed by atoms with Crippen molar-refractivity contribution in [2.45, 2.75) is 65.1 Å². The molecule has 2 saturated carbocycles. The molecule has 3 fully saturated rings. The fourth-order valence-electron chi connectivity index (χ4n) is 7.23. The Morgan fingerprint density at radius 3 is 2.45 bits per heavy atom. The number of cyclic esters (lactones) is 1. The van der Waals surface area contributed by atoms with Gasteiger partial charge in [0, 0.05) is 13.0 Å². The van der Waals surface area contributed by atoms with Crippen LogP contribution in [0.15, 0.2) is 54.1 Å². The molecule has 0 N–H and O–H groups in total. The second kappa shape index (κ2) is 12.5. The van der Waals surface area contributed by atoms with Gasteiger partial charge in [-0.15, -0.1) is 0 Å². The third-order valence-corrected chi connectivity index (χ3v) is 9.42. The van der Waals surface area contributed by atoms with Crippen LogP contribution in [-0.4, -0.2) is 56.9 Å². The van der Waals surface area contributed by atoms with Crippen molar-refractivity contribution in [3.05, 3.63) is 59.7 Å². The summed E-state index contributed by atoms with van der Waals surface area (Å²) in [6.45, 7) is 9.63. The first kappa shape index (κ1) is 31.1. The van der Waals surface area contributed by atoms with Gasteiger partial charge in [-0.3, -0.25) is 9.59 Å². The van der Waals surface area contributed by atoms with Crippen LogP contribution in [0.1, 0.15) is 58.4 Å². The lowest BCUT2D eigenvalue weighted by molar-refractivity contribution is -0.196. The second-order valence-corrected chi connectivity index (χ2v) is 11.7. The van der Waals surface area contributed by atoms with E-state index in [2.05, 4.69) is 13.5 Å². The van der Waals surface area contributed by atoms with Crippen LogP contribution >= 0.6 is 0 Å². The minimum atomic E-state index is -1.03. The van der Waals surface area contributed by atoms with E-state index >= 15 is 0 Å². The Balaban J connectivity index is 1.52. The molecule has 1 saturated heterocycles. The Kier molecular flexibility index (Phi) is 9.28. The van der Waals surface area contributed by atoms with E-state index in [-0.39, 0.29) is 23.9 Å². The topological polar surface area (TPSA) is 114 Å². The Bertz CT molecular complexity index is 1290. The summed E-state index contributed by atoms with van der Waals surface area (Å²) in [6, 6.07) is 7.20. The molecule has 4 rings (SSSR count). The van der Waals surface area contributed by atoms with Gasteiger partial charge in [0.15, 0.2) is 6.10 Å². The third kappa shape index (κ3) is 6.01. The van der Waals surface area contributed by atoms with Crippen molar-refractivity contribution in [2.75, 3.05) is 20.8 Å². The molecule has 0 bridgehead atoms. The predicted molar refractivity (Wildman–Crippen MR) is 154 cm³/mol. The molecule has 0 spiro atoms. The predicted octanol–water partition coefficient (Wildman–Crippen LogP) is 4.99. The first-order valence-electron chi connectivity index (χ1n) is 14.3. The van der Waals surface area contributed by atoms with E-state index in [1.54, 1.807) is 31.4 Å². The van der Waals surface area contributed by atoms with Crippen LogP contribution in [0.2, 0.25) is 0 Å². The highest BCUT2D eigenvalue weighted by molar-refractivity contribution is 5.93. The first-order valence-corrected chi connectivity index (χ1v) is 14.3. The lowest BCUT2D eigenvalue weighted by Crippen LogP contribution is -2.60. The molecule has 0 aromatic heterocycles. The molecule has 9 nitrogen and oxygen atoms in total. The normalized spacial score (nSPS) is 31.8. The maximum atomic E-state index is 13.2. The van der Waals surface area contributed by atoms with Crippen LogP contribution in [0, 0.1) is 22.7 Å². The van der Waals surface area contributed by atoms with Crippen molar-refractivity contribution in [1.82, 2.24) is 0 Å². The fraction of sp³-hybridized carbons (Fsp3) is 0.515. The highest BCUT2D eigenvalue weighted by Crippen LogP contribution is 2.62. The van der Waals surface area contributed by atoms with E-state index < -0.39 is 41.5 Å². The second-order valence-electron chi connectivity index (χ2n) is 11.7. The van der Waals surface area contributed by atoms with Gasteiger partial charge in [0.25, 0.3) is 0 Å². The van der Waals surface area contributed by atoms with Crippen molar-refractivity contribution in [2.24, 2.45) is 22.7 Å². The van der Waals surface area contributed by atoms with Crippen molar-refractivity contribution < 1.29 is 42.9 Å². The number of carbonyl (C=O) groups is 4. The molecule has 6 atom stereocenters. The highest BCUT2D eigenvalue weighted by atomic mass is 16.6. The van der Waals surface area contributed by atoms with Gasteiger partial charge in [-0.25, -0.2) is 9.59 Å². The monoisotopic (exact) mass is 580 g/mol. The highest BCUT2D eigenvalue weighted by Gasteiger charge is 2.62. The van der Waals surface area contributed by atoms with Crippen LogP contribution in [0.5, 0.6) is 5.75 Å². The standard InChI is InChI=1S/C33H40O9/c1-20-7-15-27-32(3,18-17-28(41-21(2)34)33(27,4)31(37)39-6)25(20)14-13-24-26(19-40-30(24)36)42-29(35)16-10-22-8-11-23(38-5)12-9-22/h8-13,16,25-28H,1,7,14-15,17-19H2,2-6H3/b16-10+,24-13+/t25-,26-,27+,28-,32+,33+/m1/s1. The molecular weight excluding hydrogens is 540 g/mol. The average molecular weight is 581 g/mol. The summed E-state index contributed by atoms with van der Waals surface area (Å²) in [5, 5.41) is 0. The van der Waals surface area contributed by atoms with Gasteiger partial charge < -0.3 is 23.7 Å². The Labute approximate surface area is 246 Å². The summed E-state index contributed by atoms with van der Waals surface area (Å²) in [4.78, 5) is 50.4. The summed E-state index contributed by atoms with van der Waals surface area (Å²) < 4.78 is 26.9. The smallest absolute Gasteiger partial charge is 0.337 e. The Morgan fingerprint density at radius 2 is 1.81 bits per heavy atom. The molecule has 1 aromatic rings. The van der Waals surface area contributed by atoms with Crippen molar-refractivity contribution in [3.63, 3.8) is 0 Å². The van der Waals surface area contributed by atoms with Crippen molar-refractivity contribution in [3.8, 4) is 5.75 Å². The van der Waals surface area contributed by atoms with E-state index in [4.69, 9.17) is 23.7 Å². The minimum Gasteiger partial charge on any atom is -0.497 e. The zero-order chi connectivity index (χ0) is 30.7. The Hall–Kier alpha value is -3.88. The molecule has 226 valence electrons. The quantitative estimate of drug-likeness (QED) is 0.182. The number of rotatable bonds is 8. The minimum absolute atomic E-state index is 0.0528. The van der Waals surface area contributed by atoms with E-state index in [1.165, 1.54) is 20.1 Å². The molecule has 1 heterocycles. The summed E-state index contributed by atoms with van der Waals surface area (Å²) in [7, 11) is 2.93. The van der Waals surface area contributed by atoms with Crippen molar-refractivity contribution >= 4 is 30.0 Å². The van der Waals surface area contributed by atoms with Crippen LogP contribution in [0.25, 0.3) is 6.08 Å². The van der Waals surface area contributed by atoms with Crippen LogP contribution in [0.3, 0.4) is 0 Å². The van der Waals surface area contributed by atoms with E-state index in [0.29, 0.717) is 43.4 Å². The summed E-state index contributed by atoms with van der Waals surface area (Å²) in [5.74, 6) is -1.44. The molecule has 0 radical (unpaired) electrons. The largest absolute Gasteiger partial charge is 0.497 e. The molecule has 0 unspecified atom stereocenters. The number of hydrogen-bond donors (Lipinski definition) is 0. The lowest BCUT2D eigenvalue weighted by Gasteiger charge is -2.59. The molecule has 3 aliphatic rings. The maximum Gasteiger partial charge on any atom is 0.337 e. The summed E-state index contributed by atoms with van der Waals surface area (Å²) >= 11 is 0. The molecular formula is C33H40O9. The van der Waals surface area contributed by atoms with Gasteiger partial charge in [-0.2, -0.15) is 0 Å². The zero-order valence-corrected chi connectivity index (χ0v) is 25.0. The van der Waals surface area contributed by atoms with Gasteiger partial charge in [0.1, 0.15) is 23.9 Å². The molecule has 1 aliphatic heterocycles. The summed E-state index contributed by atoms with van der Waals surface area (Å²) in [5.41, 5.74) is 0.723. The SMILES string of the molecule is C=C1CC[C@H]2[C@@](C)(CC[C@@H](OC(C)=O)[C@@]2(C)C(=O)OC)[C@@H]1C/C=C1/C(=O)OC[C@H]1OC(=O)/C=C/c1ccc(OC)cc1. The zero-order valence-electron chi connectivity index (χ0n) is 25.0. The van der Waals surface area contributed by atoms with E-state index in [1.807, 2.05) is 19.1 Å². The summed E-state index contributed by atoms with van der Waals surface area (Å²) in [6.07, 6.45) is 6.36. The fourth-order valence-corrected chi connectivity index (χ4v) is 7.23. The van der Waals surface area contributed by atoms with E-state index in [0.717, 1.165) is 11.1 Å². The van der Waals surface area contributed by atoms with E-state index in [9.17, 15) is 19.2 Å². The molecule has 42 heavy (non-hydrogen) atoms. The number of ether oxygens (including phenoxy) is 5. The van der Waals surface area contributed by atoms with Crippen LogP contribution in [0.4, 0.5) is 0 Å². The number of benzene rings is 1. The number of allylic oxidation sites excluding steroid dienone is 2. The first-order chi connectivity index (χ1) is 19.9. The molecule has 2 aliphatic carbocycles. The van der Waals surface area contributed by atoms with Gasteiger partial charge >= 0.3 is 23.9 Å². The number of esters is 4. The van der Waals surface area contributed by atoms with Crippen LogP contribution < -0.4 is 4.74 Å². The van der Waals surface area contributed by atoms with Crippen molar-refractivity contribution in [1.29, 1.82) is 0 Å². The van der Waals surface area contributed by atoms with Gasteiger partial charge in [-0.05, 0) is 80.1 Å². The third-order valence-electron chi connectivity index (χ3n) is 9.42. The molecule has 0 amide bonds. The van der Waals surface area contributed by atoms with Gasteiger partial charge in [0.2, 0.25) is 0 Å².